The zero-order valence-corrected chi connectivity index (χ0v) is 14.1. The van der Waals surface area contributed by atoms with Crippen LogP contribution in [0.3, 0.4) is 0 Å². The number of rotatable bonds is 5. The Morgan fingerprint density at radius 2 is 2.32 bits per heavy atom. The van der Waals surface area contributed by atoms with Gasteiger partial charge in [-0.3, -0.25) is 0 Å². The summed E-state index contributed by atoms with van der Waals surface area (Å²) in [5.74, 6) is 0.512. The smallest absolute Gasteiger partial charge is 0.350 e. The molecule has 2 aromatic rings. The van der Waals surface area contributed by atoms with Gasteiger partial charge in [-0.05, 0) is 31.6 Å². The van der Waals surface area contributed by atoms with E-state index in [0.717, 1.165) is 41.0 Å². The van der Waals surface area contributed by atoms with Gasteiger partial charge >= 0.3 is 5.97 Å². The van der Waals surface area contributed by atoms with Crippen LogP contribution in [-0.4, -0.2) is 29.2 Å². The molecule has 5 nitrogen and oxygen atoms in total. The van der Waals surface area contributed by atoms with Crippen molar-refractivity contribution in [3.8, 4) is 0 Å². The molecule has 0 bridgehead atoms. The normalized spacial score (nSPS) is 13.4. The Morgan fingerprint density at radius 3 is 3.05 bits per heavy atom. The van der Waals surface area contributed by atoms with Gasteiger partial charge in [-0.2, -0.15) is 0 Å². The number of hydrogen-bond acceptors (Lipinski definition) is 5. The van der Waals surface area contributed by atoms with E-state index in [2.05, 4.69) is 17.2 Å². The van der Waals surface area contributed by atoms with Crippen molar-refractivity contribution in [3.05, 3.63) is 17.1 Å². The Kier molecular flexibility index (Phi) is 4.26. The Morgan fingerprint density at radius 1 is 1.50 bits per heavy atom. The summed E-state index contributed by atoms with van der Waals surface area (Å²) in [6.07, 6.45) is 3.88. The molecule has 7 heteroatoms. The van der Waals surface area contributed by atoms with E-state index < -0.39 is 0 Å². The van der Waals surface area contributed by atoms with E-state index in [1.54, 1.807) is 13.1 Å². The predicted octanol–water partition coefficient (Wildman–Crippen LogP) is 3.79. The highest BCUT2D eigenvalue weighted by molar-refractivity contribution is 7.80. The number of thiophene rings is 1. The lowest BCUT2D eigenvalue weighted by molar-refractivity contribution is 0.0533. The van der Waals surface area contributed by atoms with Gasteiger partial charge in [0.25, 0.3) is 0 Å². The van der Waals surface area contributed by atoms with Crippen LogP contribution in [0.15, 0.2) is 12.3 Å². The lowest BCUT2D eigenvalue weighted by atomic mass is 10.2. The van der Waals surface area contributed by atoms with Crippen molar-refractivity contribution in [3.63, 3.8) is 0 Å². The number of nitrogens with one attached hydrogen (secondary N) is 1. The number of esters is 1. The zero-order chi connectivity index (χ0) is 15.7. The van der Waals surface area contributed by atoms with Crippen LogP contribution in [0.1, 0.15) is 36.4 Å². The molecule has 0 aliphatic carbocycles. The fourth-order valence-corrected chi connectivity index (χ4v) is 3.81. The third-order valence-electron chi connectivity index (χ3n) is 3.51. The summed E-state index contributed by atoms with van der Waals surface area (Å²) in [5, 5.41) is 4.74. The third kappa shape index (κ3) is 2.44. The van der Waals surface area contributed by atoms with Crippen LogP contribution >= 0.6 is 23.6 Å². The first-order valence-electron chi connectivity index (χ1n) is 7.34. The molecule has 0 fully saturated rings. The number of carbonyl (C=O) groups excluding carboxylic acids is 1. The molecule has 0 radical (unpaired) electrons. The molecule has 0 amide bonds. The highest BCUT2D eigenvalue weighted by Crippen LogP contribution is 2.43. The first-order valence-corrected chi connectivity index (χ1v) is 8.57. The number of anilines is 2. The molecule has 3 rings (SSSR count). The minimum atomic E-state index is -0.318. The van der Waals surface area contributed by atoms with Crippen molar-refractivity contribution < 1.29 is 9.53 Å². The fraction of sp³-hybridized carbons (Fsp3) is 0.400. The molecule has 0 spiro atoms. The molecular formula is C15H17N3O2S2. The van der Waals surface area contributed by atoms with Crippen molar-refractivity contribution >= 4 is 56.2 Å². The maximum atomic E-state index is 12.2. The van der Waals surface area contributed by atoms with Crippen LogP contribution < -0.4 is 10.2 Å². The van der Waals surface area contributed by atoms with Crippen molar-refractivity contribution in [2.24, 2.45) is 0 Å². The molecule has 0 saturated carbocycles. The summed E-state index contributed by atoms with van der Waals surface area (Å²) in [5.41, 5.74) is 0.735. The Bertz CT molecular complexity index is 742. The zero-order valence-electron chi connectivity index (χ0n) is 12.5. The number of nitrogens with zero attached hydrogens (tertiary/aromatic N) is 2. The molecule has 22 heavy (non-hydrogen) atoms. The summed E-state index contributed by atoms with van der Waals surface area (Å²) >= 11 is 6.88. The van der Waals surface area contributed by atoms with Gasteiger partial charge in [0.1, 0.15) is 10.7 Å². The van der Waals surface area contributed by atoms with Crippen molar-refractivity contribution in [2.75, 3.05) is 23.4 Å². The van der Waals surface area contributed by atoms with Crippen LogP contribution in [-0.2, 0) is 4.74 Å². The van der Waals surface area contributed by atoms with Crippen LogP contribution in [0.4, 0.5) is 11.5 Å². The molecule has 1 aliphatic rings. The second-order valence-corrected chi connectivity index (χ2v) is 6.41. The molecule has 2 aromatic heterocycles. The summed E-state index contributed by atoms with van der Waals surface area (Å²) < 4.78 is 6.16. The topological polar surface area (TPSA) is 54.5 Å². The maximum absolute atomic E-state index is 12.2. The first-order chi connectivity index (χ1) is 10.7. The van der Waals surface area contributed by atoms with Gasteiger partial charge in [-0.15, -0.1) is 11.3 Å². The molecule has 116 valence electrons. The predicted molar refractivity (Wildman–Crippen MR) is 94.1 cm³/mol. The number of carbonyl (C=O) groups is 1. The minimum Gasteiger partial charge on any atom is -0.462 e. The average Bonchev–Trinajstić information content (AvgIpc) is 2.87. The van der Waals surface area contributed by atoms with Gasteiger partial charge in [-0.25, -0.2) is 9.78 Å². The largest absolute Gasteiger partial charge is 0.462 e. The molecule has 1 N–H and O–H groups in total. The number of ether oxygens (including phenoxy) is 1. The molecule has 0 aromatic carbocycles. The molecule has 3 heterocycles. The van der Waals surface area contributed by atoms with Crippen molar-refractivity contribution in [1.29, 1.82) is 0 Å². The summed E-state index contributed by atoms with van der Waals surface area (Å²) in [6.45, 7) is 5.11. The van der Waals surface area contributed by atoms with Gasteiger partial charge in [-0.1, -0.05) is 13.3 Å². The van der Waals surface area contributed by atoms with Crippen LogP contribution in [0, 0.1) is 0 Å². The van der Waals surface area contributed by atoms with E-state index in [4.69, 9.17) is 17.0 Å². The van der Waals surface area contributed by atoms with Crippen LogP contribution in [0.2, 0.25) is 0 Å². The van der Waals surface area contributed by atoms with Gasteiger partial charge in [0.15, 0.2) is 5.11 Å². The van der Waals surface area contributed by atoms with E-state index in [0.29, 0.717) is 16.6 Å². The van der Waals surface area contributed by atoms with E-state index >= 15 is 0 Å². The van der Waals surface area contributed by atoms with Gasteiger partial charge in [0.2, 0.25) is 0 Å². The second kappa shape index (κ2) is 6.18. The van der Waals surface area contributed by atoms with Crippen molar-refractivity contribution in [2.45, 2.75) is 26.7 Å². The highest BCUT2D eigenvalue weighted by atomic mass is 32.1. The fourth-order valence-electron chi connectivity index (χ4n) is 2.49. The standard InChI is InChI=1S/C15H17N3O2S2/c1-3-5-8-18-13-10-9(6-7-16-13)22-12(14(19)20-4-2)11(10)17-15(18)21/h6-7H,3-5,8H2,1-2H3,(H,17,21). The van der Waals surface area contributed by atoms with E-state index in [1.165, 1.54) is 11.3 Å². The van der Waals surface area contributed by atoms with Crippen LogP contribution in [0.25, 0.3) is 10.1 Å². The quantitative estimate of drug-likeness (QED) is 0.663. The molecular weight excluding hydrogens is 318 g/mol. The Hall–Kier alpha value is -1.73. The number of hydrogen-bond donors (Lipinski definition) is 1. The first kappa shape index (κ1) is 15.2. The highest BCUT2D eigenvalue weighted by Gasteiger charge is 2.30. The number of aromatic nitrogens is 1. The Balaban J connectivity index is 2.12. The molecule has 0 saturated heterocycles. The van der Waals surface area contributed by atoms with Crippen LogP contribution in [0.5, 0.6) is 0 Å². The number of thiocarbonyl (C=S) groups is 1. The molecule has 1 aliphatic heterocycles. The average molecular weight is 335 g/mol. The van der Waals surface area contributed by atoms with E-state index in [9.17, 15) is 4.79 Å². The van der Waals surface area contributed by atoms with Gasteiger partial charge in [0.05, 0.1) is 17.7 Å². The second-order valence-electron chi connectivity index (χ2n) is 4.97. The van der Waals surface area contributed by atoms with E-state index in [-0.39, 0.29) is 5.97 Å². The van der Waals surface area contributed by atoms with E-state index in [1.807, 2.05) is 11.0 Å². The lowest BCUT2D eigenvalue weighted by Crippen LogP contribution is -2.39. The minimum absolute atomic E-state index is 0.318. The summed E-state index contributed by atoms with van der Waals surface area (Å²) in [6, 6.07) is 1.92. The maximum Gasteiger partial charge on any atom is 0.350 e. The van der Waals surface area contributed by atoms with Gasteiger partial charge in [0, 0.05) is 17.4 Å². The Labute approximate surface area is 138 Å². The third-order valence-corrected chi connectivity index (χ3v) is 4.97. The number of pyridine rings is 1. The summed E-state index contributed by atoms with van der Waals surface area (Å²) in [7, 11) is 0. The molecule has 0 atom stereocenters. The van der Waals surface area contributed by atoms with Crippen molar-refractivity contribution in [1.82, 2.24) is 4.98 Å². The van der Waals surface area contributed by atoms with Gasteiger partial charge < -0.3 is 15.0 Å². The lowest BCUT2D eigenvalue weighted by Gasteiger charge is -2.29. The molecule has 0 unspecified atom stereocenters. The monoisotopic (exact) mass is 335 g/mol. The summed E-state index contributed by atoms with van der Waals surface area (Å²) in [4.78, 5) is 19.2. The SMILES string of the molecule is CCCCN1C(=S)Nc2c(C(=O)OCC)sc3ccnc1c23. The number of unbranched alkanes of at least 4 members (excludes halogenated alkanes) is 1.